The number of ether oxygens (including phenoxy) is 2. The van der Waals surface area contributed by atoms with E-state index in [-0.39, 0.29) is 6.54 Å². The summed E-state index contributed by atoms with van der Waals surface area (Å²) in [5.74, 6) is 0.839. The summed E-state index contributed by atoms with van der Waals surface area (Å²) in [7, 11) is -1.47. The van der Waals surface area contributed by atoms with E-state index in [1.807, 2.05) is 0 Å². The van der Waals surface area contributed by atoms with Crippen molar-refractivity contribution in [1.29, 1.82) is 0 Å². The Kier molecular flexibility index (Phi) is 5.58. The molecule has 0 radical (unpaired) electrons. The standard InChI is InChI=1S/C16H16F3NO4S/c1-23-13-8-7-11(9-14(13)24-2)10-20-25(21,22)15-6-4-3-5-12(15)16(17,18)19/h3-9,20H,10H2,1-2H3. The van der Waals surface area contributed by atoms with Crippen LogP contribution in [0.25, 0.3) is 0 Å². The lowest BCUT2D eigenvalue weighted by Crippen LogP contribution is -2.26. The summed E-state index contributed by atoms with van der Waals surface area (Å²) in [4.78, 5) is -0.817. The summed E-state index contributed by atoms with van der Waals surface area (Å²) in [6, 6.07) is 8.71. The van der Waals surface area contributed by atoms with Crippen LogP contribution in [0.3, 0.4) is 0 Å². The van der Waals surface area contributed by atoms with Gasteiger partial charge in [0.1, 0.15) is 0 Å². The van der Waals surface area contributed by atoms with Crippen molar-refractivity contribution >= 4 is 10.0 Å². The number of benzene rings is 2. The molecule has 0 unspecified atom stereocenters. The van der Waals surface area contributed by atoms with Crippen LogP contribution >= 0.6 is 0 Å². The van der Waals surface area contributed by atoms with Gasteiger partial charge in [-0.15, -0.1) is 0 Å². The molecule has 9 heteroatoms. The Morgan fingerprint density at radius 3 is 2.24 bits per heavy atom. The van der Waals surface area contributed by atoms with Gasteiger partial charge in [0.15, 0.2) is 11.5 Å². The third-order valence-electron chi connectivity index (χ3n) is 3.40. The normalized spacial score (nSPS) is 12.0. The molecule has 0 amide bonds. The van der Waals surface area contributed by atoms with E-state index in [1.54, 1.807) is 12.1 Å². The van der Waals surface area contributed by atoms with Gasteiger partial charge in [-0.1, -0.05) is 18.2 Å². The Balaban J connectivity index is 2.27. The van der Waals surface area contributed by atoms with Gasteiger partial charge in [0.25, 0.3) is 0 Å². The number of alkyl halides is 3. The van der Waals surface area contributed by atoms with Crippen LogP contribution in [-0.2, 0) is 22.7 Å². The van der Waals surface area contributed by atoms with Gasteiger partial charge in [-0.2, -0.15) is 13.2 Å². The van der Waals surface area contributed by atoms with Crippen molar-refractivity contribution < 1.29 is 31.1 Å². The predicted octanol–water partition coefficient (Wildman–Crippen LogP) is 3.20. The highest BCUT2D eigenvalue weighted by Crippen LogP contribution is 2.34. The van der Waals surface area contributed by atoms with E-state index in [4.69, 9.17) is 9.47 Å². The highest BCUT2D eigenvalue weighted by Gasteiger charge is 2.36. The summed E-state index contributed by atoms with van der Waals surface area (Å²) >= 11 is 0. The Labute approximate surface area is 143 Å². The molecule has 0 aliphatic rings. The molecule has 0 aliphatic carbocycles. The first-order valence-electron chi connectivity index (χ1n) is 7.06. The minimum Gasteiger partial charge on any atom is -0.493 e. The first kappa shape index (κ1) is 19.1. The summed E-state index contributed by atoms with van der Waals surface area (Å²) in [5.41, 5.74) is -0.708. The van der Waals surface area contributed by atoms with Gasteiger partial charge in [0, 0.05) is 6.54 Å². The fourth-order valence-electron chi connectivity index (χ4n) is 2.18. The molecule has 1 N–H and O–H groups in total. The molecule has 0 heterocycles. The average Bonchev–Trinajstić information content (AvgIpc) is 2.59. The van der Waals surface area contributed by atoms with E-state index in [9.17, 15) is 21.6 Å². The van der Waals surface area contributed by atoms with Crippen molar-refractivity contribution in [2.24, 2.45) is 0 Å². The van der Waals surface area contributed by atoms with Crippen molar-refractivity contribution in [2.75, 3.05) is 14.2 Å². The Bertz CT molecular complexity index is 851. The van der Waals surface area contributed by atoms with Crippen LogP contribution in [-0.4, -0.2) is 22.6 Å². The molecule has 5 nitrogen and oxygen atoms in total. The second-order valence-corrected chi connectivity index (χ2v) is 6.74. The number of hydrogen-bond donors (Lipinski definition) is 1. The number of hydrogen-bond acceptors (Lipinski definition) is 4. The molecule has 0 spiro atoms. The van der Waals surface area contributed by atoms with Crippen molar-refractivity contribution in [3.05, 3.63) is 53.6 Å². The van der Waals surface area contributed by atoms with Gasteiger partial charge in [-0.25, -0.2) is 13.1 Å². The van der Waals surface area contributed by atoms with E-state index in [0.29, 0.717) is 17.1 Å². The molecule has 0 aliphatic heterocycles. The van der Waals surface area contributed by atoms with Crippen LogP contribution < -0.4 is 14.2 Å². The lowest BCUT2D eigenvalue weighted by molar-refractivity contribution is -0.139. The summed E-state index contributed by atoms with van der Waals surface area (Å²) < 4.78 is 75.9. The first-order chi connectivity index (χ1) is 11.7. The second kappa shape index (κ2) is 7.32. The fraction of sp³-hybridized carbons (Fsp3) is 0.250. The average molecular weight is 375 g/mol. The summed E-state index contributed by atoms with van der Waals surface area (Å²) in [6.07, 6.45) is -4.77. The van der Waals surface area contributed by atoms with Crippen molar-refractivity contribution in [3.8, 4) is 11.5 Å². The SMILES string of the molecule is COc1ccc(CNS(=O)(=O)c2ccccc2C(F)(F)F)cc1OC. The molecule has 0 fully saturated rings. The van der Waals surface area contributed by atoms with E-state index in [2.05, 4.69) is 4.72 Å². The molecular formula is C16H16F3NO4S. The van der Waals surface area contributed by atoms with Crippen LogP contribution in [0.1, 0.15) is 11.1 Å². The second-order valence-electron chi connectivity index (χ2n) is 5.01. The maximum Gasteiger partial charge on any atom is 0.417 e. The maximum atomic E-state index is 13.0. The molecule has 2 aromatic rings. The third kappa shape index (κ3) is 4.43. The first-order valence-corrected chi connectivity index (χ1v) is 8.54. The van der Waals surface area contributed by atoms with E-state index < -0.39 is 26.7 Å². The zero-order valence-electron chi connectivity index (χ0n) is 13.4. The highest BCUT2D eigenvalue weighted by molar-refractivity contribution is 7.89. The molecule has 0 saturated heterocycles. The topological polar surface area (TPSA) is 64.6 Å². The lowest BCUT2D eigenvalue weighted by Gasteiger charge is -2.14. The van der Waals surface area contributed by atoms with Crippen molar-refractivity contribution in [3.63, 3.8) is 0 Å². The summed E-state index contributed by atoms with van der Waals surface area (Å²) in [6.45, 7) is -0.200. The molecule has 136 valence electrons. The van der Waals surface area contributed by atoms with Gasteiger partial charge < -0.3 is 9.47 Å². The van der Waals surface area contributed by atoms with E-state index in [1.165, 1.54) is 26.4 Å². The fourth-order valence-corrected chi connectivity index (χ4v) is 3.43. The smallest absolute Gasteiger partial charge is 0.417 e. The molecule has 0 bridgehead atoms. The zero-order valence-corrected chi connectivity index (χ0v) is 14.2. The van der Waals surface area contributed by atoms with Crippen LogP contribution in [0, 0.1) is 0 Å². The zero-order chi connectivity index (χ0) is 18.7. The monoisotopic (exact) mass is 375 g/mol. The number of methoxy groups -OCH3 is 2. The Morgan fingerprint density at radius 1 is 1.00 bits per heavy atom. The van der Waals surface area contributed by atoms with Gasteiger partial charge in [-0.05, 0) is 29.8 Å². The van der Waals surface area contributed by atoms with E-state index in [0.717, 1.165) is 18.2 Å². The van der Waals surface area contributed by atoms with Crippen molar-refractivity contribution in [2.45, 2.75) is 17.6 Å². The minimum absolute atomic E-state index is 0.200. The van der Waals surface area contributed by atoms with E-state index >= 15 is 0 Å². The molecule has 25 heavy (non-hydrogen) atoms. The van der Waals surface area contributed by atoms with Crippen LogP contribution in [0.4, 0.5) is 13.2 Å². The molecule has 2 rings (SSSR count). The van der Waals surface area contributed by atoms with Gasteiger partial charge >= 0.3 is 6.18 Å². The summed E-state index contributed by atoms with van der Waals surface area (Å²) in [5, 5.41) is 0. The molecule has 0 aromatic heterocycles. The van der Waals surface area contributed by atoms with Gasteiger partial charge in [-0.3, -0.25) is 0 Å². The molecular weight excluding hydrogens is 359 g/mol. The van der Waals surface area contributed by atoms with Crippen LogP contribution in [0.2, 0.25) is 0 Å². The number of halogens is 3. The minimum atomic E-state index is -4.77. The number of rotatable bonds is 6. The largest absolute Gasteiger partial charge is 0.493 e. The highest BCUT2D eigenvalue weighted by atomic mass is 32.2. The third-order valence-corrected chi connectivity index (χ3v) is 4.86. The Morgan fingerprint density at radius 2 is 1.64 bits per heavy atom. The van der Waals surface area contributed by atoms with Gasteiger partial charge in [0.05, 0.1) is 24.7 Å². The maximum absolute atomic E-state index is 13.0. The van der Waals surface area contributed by atoms with Gasteiger partial charge in [0.2, 0.25) is 10.0 Å². The van der Waals surface area contributed by atoms with Crippen LogP contribution in [0.5, 0.6) is 11.5 Å². The number of sulfonamides is 1. The molecule has 0 atom stereocenters. The van der Waals surface area contributed by atoms with Crippen LogP contribution in [0.15, 0.2) is 47.4 Å². The number of nitrogens with one attached hydrogen (secondary N) is 1. The lowest BCUT2D eigenvalue weighted by atomic mass is 10.2. The predicted molar refractivity (Wildman–Crippen MR) is 85.0 cm³/mol. The molecule has 2 aromatic carbocycles. The van der Waals surface area contributed by atoms with Crippen molar-refractivity contribution in [1.82, 2.24) is 4.72 Å². The Hall–Kier alpha value is -2.26. The quantitative estimate of drug-likeness (QED) is 0.842. The molecule has 0 saturated carbocycles.